The van der Waals surface area contributed by atoms with Gasteiger partial charge in [0.1, 0.15) is 0 Å². The van der Waals surface area contributed by atoms with Gasteiger partial charge in [0.25, 0.3) is 0 Å². The van der Waals surface area contributed by atoms with Gasteiger partial charge in [-0.1, -0.05) is 66.8 Å². The van der Waals surface area contributed by atoms with Gasteiger partial charge in [0.05, 0.1) is 0 Å². The molecule has 4 N–H and O–H groups in total. The molecule has 0 amide bonds. The molecule has 0 radical (unpaired) electrons. The first-order valence-corrected chi connectivity index (χ1v) is 8.44. The van der Waals surface area contributed by atoms with E-state index in [9.17, 15) is 9.59 Å². The molecule has 2 aromatic carbocycles. The monoisotopic (exact) mass is 363 g/mol. The Kier molecular flexibility index (Phi) is 7.28. The zero-order chi connectivity index (χ0) is 19.6. The number of aliphatic carboxylic acids is 2. The number of carboxylic acid groups (broad SMARTS) is 2. The Hall–Kier alpha value is -3.44. The summed E-state index contributed by atoms with van der Waals surface area (Å²) in [6.07, 6.45) is 8.66. The van der Waals surface area contributed by atoms with Crippen molar-refractivity contribution >= 4 is 29.7 Å². The molecule has 0 unspecified atom stereocenters. The number of nitrogens with two attached hydrogens (primary N) is 1. The van der Waals surface area contributed by atoms with Gasteiger partial charge >= 0.3 is 11.9 Å². The smallest absolute Gasteiger partial charge is 0.328 e. The van der Waals surface area contributed by atoms with Crippen molar-refractivity contribution in [3.63, 3.8) is 0 Å². The highest BCUT2D eigenvalue weighted by atomic mass is 16.4. The van der Waals surface area contributed by atoms with Gasteiger partial charge < -0.3 is 15.9 Å². The summed E-state index contributed by atoms with van der Waals surface area (Å²) >= 11 is 0. The summed E-state index contributed by atoms with van der Waals surface area (Å²) in [6.45, 7) is 0.682. The zero-order valence-electron chi connectivity index (χ0n) is 14.7. The van der Waals surface area contributed by atoms with Crippen LogP contribution >= 0.6 is 0 Å². The van der Waals surface area contributed by atoms with Gasteiger partial charge in [0.2, 0.25) is 0 Å². The molecule has 0 saturated carbocycles. The summed E-state index contributed by atoms with van der Waals surface area (Å²) in [4.78, 5) is 19.1. The molecule has 0 fully saturated rings. The van der Waals surface area contributed by atoms with E-state index < -0.39 is 11.9 Å². The van der Waals surface area contributed by atoms with E-state index in [1.165, 1.54) is 27.8 Å². The third kappa shape index (κ3) is 5.80. The third-order valence-corrected chi connectivity index (χ3v) is 3.83. The van der Waals surface area contributed by atoms with Crippen molar-refractivity contribution in [3.8, 4) is 0 Å². The molecule has 0 aromatic heterocycles. The summed E-state index contributed by atoms with van der Waals surface area (Å²) in [5.41, 5.74) is 12.1. The molecule has 0 spiro atoms. The van der Waals surface area contributed by atoms with E-state index in [0.29, 0.717) is 18.7 Å². The van der Waals surface area contributed by atoms with Crippen LogP contribution in [0.15, 0.2) is 66.8 Å². The van der Waals surface area contributed by atoms with Crippen molar-refractivity contribution < 1.29 is 19.8 Å². The van der Waals surface area contributed by atoms with E-state index in [1.54, 1.807) is 0 Å². The van der Waals surface area contributed by atoms with Gasteiger partial charge in [0, 0.05) is 12.2 Å². The van der Waals surface area contributed by atoms with Crippen LogP contribution in [0, 0.1) is 0 Å². The van der Waals surface area contributed by atoms with Crippen molar-refractivity contribution in [2.45, 2.75) is 6.42 Å². The Balaban J connectivity index is 0.000000279. The fourth-order valence-electron chi connectivity index (χ4n) is 2.69. The van der Waals surface area contributed by atoms with Crippen LogP contribution in [-0.2, 0) is 9.59 Å². The van der Waals surface area contributed by atoms with Crippen LogP contribution in [0.3, 0.4) is 0 Å². The van der Waals surface area contributed by atoms with Gasteiger partial charge in [-0.25, -0.2) is 9.59 Å². The lowest BCUT2D eigenvalue weighted by Gasteiger charge is -2.11. The predicted octanol–water partition coefficient (Wildman–Crippen LogP) is 3.66. The molecule has 138 valence electrons. The molecule has 0 atom stereocenters. The minimum Gasteiger partial charge on any atom is -0.478 e. The average Bonchev–Trinajstić information content (AvgIpc) is 2.82. The number of hydrogen-bond acceptors (Lipinski definition) is 3. The Morgan fingerprint density at radius 3 is 1.67 bits per heavy atom. The van der Waals surface area contributed by atoms with Crippen LogP contribution in [0.5, 0.6) is 0 Å². The first-order valence-electron chi connectivity index (χ1n) is 8.44. The summed E-state index contributed by atoms with van der Waals surface area (Å²) < 4.78 is 0. The Bertz CT molecular complexity index is 843. The Labute approximate surface area is 157 Å². The molecule has 0 aliphatic heterocycles. The van der Waals surface area contributed by atoms with Crippen LogP contribution in [0.1, 0.15) is 28.7 Å². The normalized spacial score (nSPS) is 11.7. The third-order valence-electron chi connectivity index (χ3n) is 3.83. The van der Waals surface area contributed by atoms with Crippen LogP contribution < -0.4 is 5.73 Å². The van der Waals surface area contributed by atoms with Crippen molar-refractivity contribution in [3.05, 3.63) is 89.0 Å². The van der Waals surface area contributed by atoms with E-state index in [0.717, 1.165) is 6.42 Å². The molecular formula is C22H21NO4. The molecule has 1 aliphatic rings. The first-order chi connectivity index (χ1) is 13.0. The number of hydrogen-bond donors (Lipinski definition) is 3. The number of carboxylic acids is 2. The van der Waals surface area contributed by atoms with Crippen molar-refractivity contribution in [2.75, 3.05) is 6.54 Å². The lowest BCUT2D eigenvalue weighted by molar-refractivity contribution is -0.134. The lowest BCUT2D eigenvalue weighted by atomic mass is 9.93. The number of carbonyl (C=O) groups is 2. The minimum absolute atomic E-state index is 0.558. The fraction of sp³-hybridized carbons (Fsp3) is 0.0909. The molecular weight excluding hydrogens is 342 g/mol. The second-order valence-electron chi connectivity index (χ2n) is 5.71. The molecule has 0 bridgehead atoms. The van der Waals surface area contributed by atoms with E-state index in [1.807, 2.05) is 0 Å². The molecule has 1 aliphatic carbocycles. The molecule has 0 heterocycles. The van der Waals surface area contributed by atoms with Crippen molar-refractivity contribution in [1.29, 1.82) is 0 Å². The second-order valence-corrected chi connectivity index (χ2v) is 5.71. The van der Waals surface area contributed by atoms with Crippen LogP contribution in [0.25, 0.3) is 17.7 Å². The predicted molar refractivity (Wildman–Crippen MR) is 107 cm³/mol. The highest BCUT2D eigenvalue weighted by molar-refractivity contribution is 5.93. The molecule has 2 aromatic rings. The van der Waals surface area contributed by atoms with Crippen LogP contribution in [0.2, 0.25) is 0 Å². The largest absolute Gasteiger partial charge is 0.478 e. The van der Waals surface area contributed by atoms with Crippen molar-refractivity contribution in [1.82, 2.24) is 0 Å². The SMILES string of the molecule is NCCC=C1c2ccccc2C=Cc2ccccc21.O=C(O)C=CC(=O)O. The van der Waals surface area contributed by atoms with Gasteiger partial charge in [-0.2, -0.15) is 0 Å². The molecule has 27 heavy (non-hydrogen) atoms. The average molecular weight is 363 g/mol. The lowest BCUT2D eigenvalue weighted by Crippen LogP contribution is -1.98. The minimum atomic E-state index is -1.26. The summed E-state index contributed by atoms with van der Waals surface area (Å²) in [7, 11) is 0. The molecule has 5 heteroatoms. The fourth-order valence-corrected chi connectivity index (χ4v) is 2.69. The maximum absolute atomic E-state index is 9.55. The van der Waals surface area contributed by atoms with E-state index >= 15 is 0 Å². The van der Waals surface area contributed by atoms with Gasteiger partial charge in [-0.15, -0.1) is 0 Å². The Morgan fingerprint density at radius 2 is 1.26 bits per heavy atom. The quantitative estimate of drug-likeness (QED) is 0.614. The first kappa shape index (κ1) is 19.9. The van der Waals surface area contributed by atoms with Crippen molar-refractivity contribution in [2.24, 2.45) is 5.73 Å². The molecule has 3 rings (SSSR count). The summed E-state index contributed by atoms with van der Waals surface area (Å²) in [6, 6.07) is 17.0. The van der Waals surface area contributed by atoms with Crippen LogP contribution in [-0.4, -0.2) is 28.7 Å². The summed E-state index contributed by atoms with van der Waals surface area (Å²) in [5, 5.41) is 15.6. The topological polar surface area (TPSA) is 101 Å². The maximum Gasteiger partial charge on any atom is 0.328 e. The number of benzene rings is 2. The highest BCUT2D eigenvalue weighted by Gasteiger charge is 2.13. The number of fused-ring (bicyclic) bond motifs is 2. The van der Waals surface area contributed by atoms with Crippen LogP contribution in [0.4, 0.5) is 0 Å². The maximum atomic E-state index is 9.55. The number of rotatable bonds is 4. The van der Waals surface area contributed by atoms with Gasteiger partial charge in [-0.05, 0) is 40.8 Å². The summed E-state index contributed by atoms with van der Waals surface area (Å²) in [5.74, 6) is -2.51. The van der Waals surface area contributed by atoms with Gasteiger partial charge in [0.15, 0.2) is 0 Å². The van der Waals surface area contributed by atoms with E-state index in [2.05, 4.69) is 66.8 Å². The van der Waals surface area contributed by atoms with E-state index in [4.69, 9.17) is 15.9 Å². The molecule has 0 saturated heterocycles. The Morgan fingerprint density at radius 1 is 0.815 bits per heavy atom. The zero-order valence-corrected chi connectivity index (χ0v) is 14.7. The van der Waals surface area contributed by atoms with E-state index in [-0.39, 0.29) is 0 Å². The molecule has 5 nitrogen and oxygen atoms in total. The standard InChI is InChI=1S/C18H17N.C4H4O4/c19-13-5-10-18-16-8-3-1-6-14(16)11-12-15-7-2-4-9-17(15)18;5-3(6)1-2-4(7)8/h1-4,6-12H,5,13,19H2;1-2H,(H,5,6)(H,7,8). The second kappa shape index (κ2) is 9.89. The van der Waals surface area contributed by atoms with Gasteiger partial charge in [-0.3, -0.25) is 0 Å². The highest BCUT2D eigenvalue weighted by Crippen LogP contribution is 2.33.